The van der Waals surface area contributed by atoms with Crippen molar-refractivity contribution in [1.82, 2.24) is 24.4 Å². The van der Waals surface area contributed by atoms with Crippen molar-refractivity contribution >= 4 is 28.7 Å². The van der Waals surface area contributed by atoms with Crippen LogP contribution in [-0.4, -0.2) is 48.5 Å². The van der Waals surface area contributed by atoms with Gasteiger partial charge in [-0.3, -0.25) is 15.0 Å². The predicted octanol–water partition coefficient (Wildman–Crippen LogP) is 2.48. The molecule has 0 saturated heterocycles. The highest BCUT2D eigenvalue weighted by Crippen LogP contribution is 2.26. The summed E-state index contributed by atoms with van der Waals surface area (Å²) < 4.78 is 4.13. The van der Waals surface area contributed by atoms with E-state index in [9.17, 15) is 9.59 Å². The molecule has 174 valence electrons. The zero-order chi connectivity index (χ0) is 24.1. The number of carbonyl (C=O) groups excluding carboxylic acids is 1. The number of nitrogens with zero attached hydrogens (tertiary/aromatic N) is 4. The molecule has 0 aliphatic carbocycles. The van der Waals surface area contributed by atoms with Crippen molar-refractivity contribution < 1.29 is 14.7 Å². The van der Waals surface area contributed by atoms with Crippen LogP contribution in [0, 0.1) is 5.41 Å². The number of benzene rings is 2. The third kappa shape index (κ3) is 5.12. The summed E-state index contributed by atoms with van der Waals surface area (Å²) in [6.07, 6.45) is 6.15. The summed E-state index contributed by atoms with van der Waals surface area (Å²) in [4.78, 5) is 32.0. The van der Waals surface area contributed by atoms with Crippen molar-refractivity contribution in [3.05, 3.63) is 72.3 Å². The van der Waals surface area contributed by atoms with Gasteiger partial charge in [0.15, 0.2) is 0 Å². The molecule has 10 heteroatoms. The van der Waals surface area contributed by atoms with E-state index < -0.39 is 5.97 Å². The highest BCUT2D eigenvalue weighted by molar-refractivity contribution is 5.98. The molecule has 34 heavy (non-hydrogen) atoms. The maximum atomic E-state index is 12.5. The smallest absolute Gasteiger partial charge is 0.305 e. The zero-order valence-electron chi connectivity index (χ0n) is 18.4. The molecular weight excluding hydrogens is 434 g/mol. The molecule has 0 radical (unpaired) electrons. The molecule has 2 heterocycles. The van der Waals surface area contributed by atoms with Gasteiger partial charge in [0.05, 0.1) is 23.8 Å². The van der Waals surface area contributed by atoms with Crippen LogP contribution in [0.4, 0.5) is 0 Å². The lowest BCUT2D eigenvalue weighted by atomic mass is 10.1. The molecule has 0 saturated carbocycles. The Morgan fingerprint density at radius 1 is 1.09 bits per heavy atom. The van der Waals surface area contributed by atoms with Crippen LogP contribution in [0.2, 0.25) is 0 Å². The van der Waals surface area contributed by atoms with Gasteiger partial charge in [0.2, 0.25) is 0 Å². The quantitative estimate of drug-likeness (QED) is 0.211. The van der Waals surface area contributed by atoms with Gasteiger partial charge in [-0.2, -0.15) is 0 Å². The number of rotatable bonds is 10. The number of nitrogens with two attached hydrogens (primary N) is 1. The van der Waals surface area contributed by atoms with Crippen molar-refractivity contribution in [2.75, 3.05) is 6.54 Å². The lowest BCUT2D eigenvalue weighted by molar-refractivity contribution is -0.136. The maximum absolute atomic E-state index is 12.5. The molecule has 0 spiro atoms. The third-order valence-electron chi connectivity index (χ3n) is 5.45. The molecule has 0 bridgehead atoms. The predicted molar refractivity (Wildman–Crippen MR) is 128 cm³/mol. The van der Waals surface area contributed by atoms with Crippen LogP contribution in [0.25, 0.3) is 22.4 Å². The highest BCUT2D eigenvalue weighted by Gasteiger charge is 2.15. The van der Waals surface area contributed by atoms with E-state index in [0.717, 1.165) is 29.9 Å². The van der Waals surface area contributed by atoms with Crippen molar-refractivity contribution in [3.63, 3.8) is 0 Å². The molecule has 0 aliphatic heterocycles. The number of nitrogen functional groups attached to an aromatic ring is 1. The van der Waals surface area contributed by atoms with Crippen LogP contribution >= 0.6 is 0 Å². The van der Waals surface area contributed by atoms with Gasteiger partial charge in [0, 0.05) is 48.7 Å². The van der Waals surface area contributed by atoms with Gasteiger partial charge < -0.3 is 25.3 Å². The average Bonchev–Trinajstić information content (AvgIpc) is 3.46. The Labute approximate surface area is 195 Å². The minimum atomic E-state index is -0.967. The third-order valence-corrected chi connectivity index (χ3v) is 5.45. The van der Waals surface area contributed by atoms with E-state index in [4.69, 9.17) is 21.2 Å². The van der Waals surface area contributed by atoms with Gasteiger partial charge in [0.25, 0.3) is 5.91 Å². The van der Waals surface area contributed by atoms with E-state index in [0.29, 0.717) is 23.2 Å². The van der Waals surface area contributed by atoms with Gasteiger partial charge in [-0.1, -0.05) is 24.3 Å². The number of amides is 1. The summed E-state index contributed by atoms with van der Waals surface area (Å²) in [6, 6.07) is 12.6. The number of hydrogen-bond acceptors (Lipinski definition) is 5. The number of aromatic nitrogens is 4. The molecule has 2 aromatic heterocycles. The maximum Gasteiger partial charge on any atom is 0.305 e. The molecule has 1 amide bonds. The van der Waals surface area contributed by atoms with Crippen molar-refractivity contribution in [3.8, 4) is 11.4 Å². The number of nitrogens with one attached hydrogen (secondary N) is 2. The molecule has 5 N–H and O–H groups in total. The Kier molecular flexibility index (Phi) is 6.67. The zero-order valence-corrected chi connectivity index (χ0v) is 18.4. The standard InChI is InChI=1S/C24H25N7O3/c25-22(26)16-2-4-17(5-3-16)23-29-19-14-18(24(34)28-9-8-21(32)33)6-7-20(19)31(23)12-1-11-30-13-10-27-15-30/h2-7,10,13-15H,1,8-9,11-12H2,(H3,25,26)(H,28,34)(H,32,33). The molecule has 0 aliphatic rings. The number of hydrogen-bond donors (Lipinski definition) is 4. The highest BCUT2D eigenvalue weighted by atomic mass is 16.4. The number of carboxylic acid groups (broad SMARTS) is 1. The minimum absolute atomic E-state index is 0.000984. The van der Waals surface area contributed by atoms with Crippen molar-refractivity contribution in [1.29, 1.82) is 5.41 Å². The molecular formula is C24H25N7O3. The minimum Gasteiger partial charge on any atom is -0.481 e. The first-order valence-electron chi connectivity index (χ1n) is 10.8. The lowest BCUT2D eigenvalue weighted by Gasteiger charge is -2.11. The number of carboxylic acids is 1. The molecule has 4 rings (SSSR count). The van der Waals surface area contributed by atoms with E-state index in [2.05, 4.69) is 14.9 Å². The van der Waals surface area contributed by atoms with Crippen LogP contribution in [0.5, 0.6) is 0 Å². The molecule has 0 atom stereocenters. The van der Waals surface area contributed by atoms with Crippen LogP contribution in [0.1, 0.15) is 28.8 Å². The lowest BCUT2D eigenvalue weighted by Crippen LogP contribution is -2.25. The monoisotopic (exact) mass is 459 g/mol. The summed E-state index contributed by atoms with van der Waals surface area (Å²) >= 11 is 0. The fraction of sp³-hybridized carbons (Fsp3) is 0.208. The molecule has 10 nitrogen and oxygen atoms in total. The first-order valence-corrected chi connectivity index (χ1v) is 10.8. The second kappa shape index (κ2) is 9.99. The second-order valence-electron chi connectivity index (χ2n) is 7.84. The number of imidazole rings is 2. The van der Waals surface area contributed by atoms with Gasteiger partial charge in [-0.15, -0.1) is 0 Å². The van der Waals surface area contributed by atoms with Crippen molar-refractivity contribution in [2.24, 2.45) is 5.73 Å². The van der Waals surface area contributed by atoms with E-state index >= 15 is 0 Å². The van der Waals surface area contributed by atoms with E-state index in [1.54, 1.807) is 36.8 Å². The number of carbonyl (C=O) groups is 2. The van der Waals surface area contributed by atoms with Gasteiger partial charge >= 0.3 is 5.97 Å². The summed E-state index contributed by atoms with van der Waals surface area (Å²) in [6.45, 7) is 1.55. The number of fused-ring (bicyclic) bond motifs is 1. The van der Waals surface area contributed by atoms with Crippen LogP contribution < -0.4 is 11.1 Å². The summed E-state index contributed by atoms with van der Waals surface area (Å²) in [5.41, 5.74) is 9.06. The van der Waals surface area contributed by atoms with E-state index in [-0.39, 0.29) is 24.7 Å². The average molecular weight is 460 g/mol. The van der Waals surface area contributed by atoms with Crippen LogP contribution in [0.3, 0.4) is 0 Å². The normalized spacial score (nSPS) is 10.9. The van der Waals surface area contributed by atoms with Crippen LogP contribution in [-0.2, 0) is 17.9 Å². The number of aryl methyl sites for hydroxylation is 2. The summed E-state index contributed by atoms with van der Waals surface area (Å²) in [7, 11) is 0. The van der Waals surface area contributed by atoms with Gasteiger partial charge in [0.1, 0.15) is 11.7 Å². The molecule has 0 fully saturated rings. The molecule has 0 unspecified atom stereocenters. The Hall–Kier alpha value is -4.47. The SMILES string of the molecule is N=C(N)c1ccc(-c2nc3cc(C(=O)NCCC(=O)O)ccc3n2CCCn2ccnc2)cc1. The van der Waals surface area contributed by atoms with Gasteiger partial charge in [-0.25, -0.2) is 9.97 Å². The number of amidine groups is 1. The number of aliphatic carboxylic acids is 1. The molecule has 2 aromatic carbocycles. The topological polar surface area (TPSA) is 152 Å². The first kappa shape index (κ1) is 22.7. The van der Waals surface area contributed by atoms with Gasteiger partial charge in [-0.05, 0) is 24.6 Å². The first-order chi connectivity index (χ1) is 16.4. The van der Waals surface area contributed by atoms with E-state index in [1.165, 1.54) is 0 Å². The Balaban J connectivity index is 1.65. The Morgan fingerprint density at radius 2 is 1.85 bits per heavy atom. The summed E-state index contributed by atoms with van der Waals surface area (Å²) in [5.74, 6) is -0.561. The summed E-state index contributed by atoms with van der Waals surface area (Å²) in [5, 5.41) is 19.0. The van der Waals surface area contributed by atoms with E-state index in [1.807, 2.05) is 29.0 Å². The fourth-order valence-corrected chi connectivity index (χ4v) is 3.73. The second-order valence-corrected chi connectivity index (χ2v) is 7.84. The largest absolute Gasteiger partial charge is 0.481 e. The molecule has 4 aromatic rings. The fourth-order valence-electron chi connectivity index (χ4n) is 3.73. The van der Waals surface area contributed by atoms with Crippen LogP contribution in [0.15, 0.2) is 61.2 Å². The Morgan fingerprint density at radius 3 is 2.53 bits per heavy atom. The Bertz CT molecular complexity index is 1320. The van der Waals surface area contributed by atoms with Crippen molar-refractivity contribution in [2.45, 2.75) is 25.9 Å².